The van der Waals surface area contributed by atoms with E-state index < -0.39 is 30.6 Å². The molecular formula is C12H19FN2O4S2. The fraction of sp³-hybridized carbons (Fsp3) is 0.500. The van der Waals surface area contributed by atoms with Crippen molar-refractivity contribution in [3.05, 3.63) is 24.0 Å². The van der Waals surface area contributed by atoms with Crippen LogP contribution in [0.15, 0.2) is 28.0 Å². The van der Waals surface area contributed by atoms with Gasteiger partial charge >= 0.3 is 0 Å². The van der Waals surface area contributed by atoms with Gasteiger partial charge in [-0.3, -0.25) is 0 Å². The van der Waals surface area contributed by atoms with E-state index in [4.69, 9.17) is 0 Å². The van der Waals surface area contributed by atoms with E-state index >= 15 is 0 Å². The van der Waals surface area contributed by atoms with E-state index in [9.17, 15) is 21.2 Å². The van der Waals surface area contributed by atoms with Crippen LogP contribution < -0.4 is 4.72 Å². The zero-order valence-corrected chi connectivity index (χ0v) is 13.8. The summed E-state index contributed by atoms with van der Waals surface area (Å²) >= 11 is 0. The largest absolute Gasteiger partial charge is 0.309 e. The number of hydrogen-bond acceptors (Lipinski definition) is 5. The highest BCUT2D eigenvalue weighted by Gasteiger charge is 2.21. The van der Waals surface area contributed by atoms with Gasteiger partial charge in [0.15, 0.2) is 9.84 Å². The zero-order chi connectivity index (χ0) is 16.3. The second-order valence-electron chi connectivity index (χ2n) is 4.92. The Balaban J connectivity index is 2.98. The van der Waals surface area contributed by atoms with Crippen molar-refractivity contribution in [2.75, 3.05) is 33.4 Å². The minimum Gasteiger partial charge on any atom is -0.309 e. The molecule has 1 rings (SSSR count). The number of sulfone groups is 1. The van der Waals surface area contributed by atoms with E-state index in [0.717, 1.165) is 24.5 Å². The molecule has 9 heteroatoms. The maximum atomic E-state index is 13.7. The summed E-state index contributed by atoms with van der Waals surface area (Å²) in [7, 11) is -3.98. The Hall–Kier alpha value is -1.03. The van der Waals surface area contributed by atoms with Gasteiger partial charge in [0.2, 0.25) is 10.0 Å². The van der Waals surface area contributed by atoms with Crippen molar-refractivity contribution in [2.24, 2.45) is 0 Å². The molecule has 0 aliphatic heterocycles. The van der Waals surface area contributed by atoms with Crippen molar-refractivity contribution in [1.29, 1.82) is 0 Å². The van der Waals surface area contributed by atoms with Gasteiger partial charge < -0.3 is 4.90 Å². The predicted octanol–water partition coefficient (Wildman–Crippen LogP) is 0.459. The molecule has 0 atom stereocenters. The summed E-state index contributed by atoms with van der Waals surface area (Å²) in [5.74, 6) is -0.984. The van der Waals surface area contributed by atoms with Gasteiger partial charge in [-0.1, -0.05) is 0 Å². The van der Waals surface area contributed by atoms with Gasteiger partial charge in [-0.05, 0) is 45.3 Å². The first-order valence-corrected chi connectivity index (χ1v) is 9.55. The van der Waals surface area contributed by atoms with Crippen LogP contribution in [0.25, 0.3) is 0 Å². The smallest absolute Gasteiger partial charge is 0.243 e. The molecule has 0 saturated carbocycles. The van der Waals surface area contributed by atoms with Gasteiger partial charge in [-0.2, -0.15) is 0 Å². The summed E-state index contributed by atoms with van der Waals surface area (Å²) in [4.78, 5) is 0.993. The molecule has 0 fully saturated rings. The molecular weight excluding hydrogens is 319 g/mol. The van der Waals surface area contributed by atoms with Crippen LogP contribution in [0.5, 0.6) is 0 Å². The standard InChI is InChI=1S/C12H19FN2O4S2/c1-15(2)8-4-7-14-21(18,19)12-9-10(20(3,16)17)5-6-11(12)13/h5-6,9,14H,4,7-8H2,1-3H3. The maximum Gasteiger partial charge on any atom is 0.243 e. The molecule has 0 aromatic heterocycles. The van der Waals surface area contributed by atoms with E-state index in [1.165, 1.54) is 0 Å². The first kappa shape index (κ1) is 18.0. The predicted molar refractivity (Wildman–Crippen MR) is 77.9 cm³/mol. The number of nitrogens with zero attached hydrogens (tertiary/aromatic N) is 1. The molecule has 0 heterocycles. The first-order chi connectivity index (χ1) is 9.54. The number of hydrogen-bond donors (Lipinski definition) is 1. The number of benzene rings is 1. The molecule has 0 aliphatic rings. The number of halogens is 1. The number of nitrogens with one attached hydrogen (secondary N) is 1. The molecule has 1 N–H and O–H groups in total. The SMILES string of the molecule is CN(C)CCCNS(=O)(=O)c1cc(S(C)(=O)=O)ccc1F. The fourth-order valence-electron chi connectivity index (χ4n) is 1.60. The van der Waals surface area contributed by atoms with Gasteiger partial charge in [0, 0.05) is 12.8 Å². The molecule has 0 spiro atoms. The molecule has 21 heavy (non-hydrogen) atoms. The average Bonchev–Trinajstić information content (AvgIpc) is 2.33. The highest BCUT2D eigenvalue weighted by atomic mass is 32.2. The van der Waals surface area contributed by atoms with Crippen LogP contribution in [0.3, 0.4) is 0 Å². The average molecular weight is 338 g/mol. The van der Waals surface area contributed by atoms with E-state index in [-0.39, 0.29) is 11.4 Å². The Morgan fingerprint density at radius 1 is 1.19 bits per heavy atom. The van der Waals surface area contributed by atoms with Crippen molar-refractivity contribution in [3.8, 4) is 0 Å². The lowest BCUT2D eigenvalue weighted by atomic mass is 10.3. The third-order valence-corrected chi connectivity index (χ3v) is 5.28. The summed E-state index contributed by atoms with van der Waals surface area (Å²) in [6.45, 7) is 0.817. The van der Waals surface area contributed by atoms with Crippen molar-refractivity contribution >= 4 is 19.9 Å². The van der Waals surface area contributed by atoms with Crippen molar-refractivity contribution < 1.29 is 21.2 Å². The Morgan fingerprint density at radius 3 is 2.33 bits per heavy atom. The van der Waals surface area contributed by atoms with Crippen LogP contribution in [0.4, 0.5) is 4.39 Å². The molecule has 6 nitrogen and oxygen atoms in total. The van der Waals surface area contributed by atoms with Crippen molar-refractivity contribution in [2.45, 2.75) is 16.2 Å². The molecule has 0 amide bonds. The molecule has 120 valence electrons. The zero-order valence-electron chi connectivity index (χ0n) is 12.1. The quantitative estimate of drug-likeness (QED) is 0.577. The number of rotatable bonds is 7. The van der Waals surface area contributed by atoms with Crippen LogP contribution in [0.2, 0.25) is 0 Å². The molecule has 1 aromatic rings. The Morgan fingerprint density at radius 2 is 1.81 bits per heavy atom. The van der Waals surface area contributed by atoms with E-state index in [1.54, 1.807) is 0 Å². The van der Waals surface area contributed by atoms with Gasteiger partial charge in [0.1, 0.15) is 10.7 Å². The maximum absolute atomic E-state index is 13.7. The van der Waals surface area contributed by atoms with Gasteiger partial charge in [-0.15, -0.1) is 0 Å². The second kappa shape index (κ2) is 6.82. The molecule has 0 bridgehead atoms. The second-order valence-corrected chi connectivity index (χ2v) is 8.67. The fourth-order valence-corrected chi connectivity index (χ4v) is 3.50. The van der Waals surface area contributed by atoms with Crippen molar-refractivity contribution in [1.82, 2.24) is 9.62 Å². The normalized spacial score (nSPS) is 12.8. The topological polar surface area (TPSA) is 83.6 Å². The summed E-state index contributed by atoms with van der Waals surface area (Å²) in [5.41, 5.74) is 0. The molecule has 1 aromatic carbocycles. The lowest BCUT2D eigenvalue weighted by Crippen LogP contribution is -2.28. The minimum atomic E-state index is -4.08. The van der Waals surface area contributed by atoms with Crippen LogP contribution in [-0.4, -0.2) is 55.2 Å². The molecule has 0 radical (unpaired) electrons. The van der Waals surface area contributed by atoms with Crippen LogP contribution in [-0.2, 0) is 19.9 Å². The highest BCUT2D eigenvalue weighted by Crippen LogP contribution is 2.19. The summed E-state index contributed by atoms with van der Waals surface area (Å²) in [6, 6.07) is 2.71. The summed E-state index contributed by atoms with van der Waals surface area (Å²) in [5, 5.41) is 0. The van der Waals surface area contributed by atoms with Crippen LogP contribution in [0.1, 0.15) is 6.42 Å². The Bertz CT molecular complexity index is 700. The van der Waals surface area contributed by atoms with Gasteiger partial charge in [-0.25, -0.2) is 25.9 Å². The third kappa shape index (κ3) is 5.34. The molecule has 0 saturated heterocycles. The Kier molecular flexibility index (Phi) is 5.85. The summed E-state index contributed by atoms with van der Waals surface area (Å²) < 4.78 is 62.8. The van der Waals surface area contributed by atoms with Crippen molar-refractivity contribution in [3.63, 3.8) is 0 Å². The van der Waals surface area contributed by atoms with Crippen LogP contribution >= 0.6 is 0 Å². The van der Waals surface area contributed by atoms with Crippen LogP contribution in [0, 0.1) is 5.82 Å². The molecule has 0 aliphatic carbocycles. The first-order valence-electron chi connectivity index (χ1n) is 6.18. The monoisotopic (exact) mass is 338 g/mol. The van der Waals surface area contributed by atoms with Gasteiger partial charge in [0.05, 0.1) is 4.90 Å². The molecule has 0 unspecified atom stereocenters. The van der Waals surface area contributed by atoms with E-state index in [0.29, 0.717) is 13.0 Å². The third-order valence-electron chi connectivity index (χ3n) is 2.69. The Labute approximate surface area is 124 Å². The van der Waals surface area contributed by atoms with Gasteiger partial charge in [0.25, 0.3) is 0 Å². The van der Waals surface area contributed by atoms with E-state index in [1.807, 2.05) is 19.0 Å². The lowest BCUT2D eigenvalue weighted by molar-refractivity contribution is 0.400. The van der Waals surface area contributed by atoms with E-state index in [2.05, 4.69) is 4.72 Å². The highest BCUT2D eigenvalue weighted by molar-refractivity contribution is 7.91. The lowest BCUT2D eigenvalue weighted by Gasteiger charge is -2.11. The number of sulfonamides is 1. The summed E-state index contributed by atoms with van der Waals surface area (Å²) in [6.07, 6.45) is 1.49. The minimum absolute atomic E-state index is 0.142.